The fourth-order valence-electron chi connectivity index (χ4n) is 5.20. The van der Waals surface area contributed by atoms with Gasteiger partial charge in [-0.05, 0) is 44.7 Å². The number of hydrogen-bond acceptors (Lipinski definition) is 5. The Kier molecular flexibility index (Phi) is 5.42. The second kappa shape index (κ2) is 8.22. The molecule has 164 valence electrons. The molecule has 8 heteroatoms. The Balaban J connectivity index is 1.37. The molecule has 2 fully saturated rings. The highest BCUT2D eigenvalue weighted by Gasteiger charge is 2.37. The average Bonchev–Trinajstić information content (AvgIpc) is 3.54. The van der Waals surface area contributed by atoms with E-state index >= 15 is 0 Å². The van der Waals surface area contributed by atoms with E-state index in [4.69, 9.17) is 4.98 Å². The quantitative estimate of drug-likeness (QED) is 0.794. The molecular weight excluding hydrogens is 412 g/mol. The topological polar surface area (TPSA) is 86.4 Å². The molecular formula is C23H28N4O3S. The van der Waals surface area contributed by atoms with Gasteiger partial charge >= 0.3 is 0 Å². The van der Waals surface area contributed by atoms with E-state index in [1.165, 1.54) is 11.3 Å². The van der Waals surface area contributed by atoms with Crippen molar-refractivity contribution >= 4 is 23.2 Å². The Hall–Kier alpha value is -2.48. The van der Waals surface area contributed by atoms with Crippen molar-refractivity contribution in [2.75, 3.05) is 13.1 Å². The Bertz CT molecular complexity index is 1070. The predicted molar refractivity (Wildman–Crippen MR) is 118 cm³/mol. The van der Waals surface area contributed by atoms with Crippen LogP contribution in [0.2, 0.25) is 0 Å². The summed E-state index contributed by atoms with van der Waals surface area (Å²) in [6.45, 7) is 3.55. The van der Waals surface area contributed by atoms with Crippen molar-refractivity contribution < 1.29 is 9.59 Å². The first kappa shape index (κ1) is 20.4. The van der Waals surface area contributed by atoms with Gasteiger partial charge in [-0.3, -0.25) is 14.4 Å². The largest absolute Gasteiger partial charge is 0.333 e. The number of amides is 2. The maximum absolute atomic E-state index is 13.0. The molecule has 2 amide bonds. The molecule has 2 aromatic heterocycles. The molecule has 0 unspecified atom stereocenters. The summed E-state index contributed by atoms with van der Waals surface area (Å²) in [4.78, 5) is 52.0. The van der Waals surface area contributed by atoms with Gasteiger partial charge in [-0.15, -0.1) is 11.3 Å². The molecule has 7 nitrogen and oxygen atoms in total. The van der Waals surface area contributed by atoms with Crippen molar-refractivity contribution in [3.8, 4) is 0 Å². The molecule has 0 spiro atoms. The Morgan fingerprint density at radius 2 is 1.94 bits per heavy atom. The number of rotatable bonds is 3. The van der Waals surface area contributed by atoms with E-state index in [0.717, 1.165) is 55.6 Å². The molecule has 2 aromatic rings. The number of likely N-dealkylation sites (tertiary alicyclic amines) is 1. The van der Waals surface area contributed by atoms with Crippen LogP contribution >= 0.6 is 11.3 Å². The molecule has 31 heavy (non-hydrogen) atoms. The second-order valence-corrected chi connectivity index (χ2v) is 10.2. The monoisotopic (exact) mass is 440 g/mol. The summed E-state index contributed by atoms with van der Waals surface area (Å²) in [7, 11) is 0. The number of carbonyl (C=O) groups is 2. The first-order valence-corrected chi connectivity index (χ1v) is 12.1. The first-order chi connectivity index (χ1) is 15.0. The molecule has 0 aromatic carbocycles. The van der Waals surface area contributed by atoms with E-state index in [9.17, 15) is 14.4 Å². The lowest BCUT2D eigenvalue weighted by molar-refractivity contribution is -0.136. The summed E-state index contributed by atoms with van der Waals surface area (Å²) in [5.41, 5.74) is 1.16. The van der Waals surface area contributed by atoms with Gasteiger partial charge < -0.3 is 14.8 Å². The van der Waals surface area contributed by atoms with E-state index in [-0.39, 0.29) is 35.9 Å². The van der Waals surface area contributed by atoms with Crippen LogP contribution in [0.4, 0.5) is 0 Å². The van der Waals surface area contributed by atoms with Crippen molar-refractivity contribution in [3.05, 3.63) is 49.3 Å². The highest BCUT2D eigenvalue weighted by atomic mass is 32.1. The molecule has 4 heterocycles. The first-order valence-electron chi connectivity index (χ1n) is 11.3. The number of H-pyrrole nitrogens is 1. The number of nitrogens with one attached hydrogen (secondary N) is 1. The van der Waals surface area contributed by atoms with Crippen molar-refractivity contribution in [2.45, 2.75) is 64.5 Å². The van der Waals surface area contributed by atoms with Crippen LogP contribution in [0.25, 0.3) is 0 Å². The maximum atomic E-state index is 13.0. The summed E-state index contributed by atoms with van der Waals surface area (Å²) in [6.07, 6.45) is 6.54. The van der Waals surface area contributed by atoms with Gasteiger partial charge in [0.2, 0.25) is 5.91 Å². The van der Waals surface area contributed by atoms with Crippen LogP contribution in [0.1, 0.15) is 76.2 Å². The smallest absolute Gasteiger partial charge is 0.264 e. The molecule has 1 aliphatic carbocycles. The zero-order valence-corrected chi connectivity index (χ0v) is 18.7. The van der Waals surface area contributed by atoms with E-state index in [1.807, 2.05) is 24.0 Å². The van der Waals surface area contributed by atoms with Crippen LogP contribution in [0, 0.1) is 12.8 Å². The SMILES string of the molecule is Cc1ccc(C(=O)N2CCc3nc([C@@H]4CCCN4C(=O)C4CCCC4)[nH]c(=O)c3C2)s1. The van der Waals surface area contributed by atoms with E-state index < -0.39 is 0 Å². The average molecular weight is 441 g/mol. The zero-order chi connectivity index (χ0) is 21.5. The highest BCUT2D eigenvalue weighted by Crippen LogP contribution is 2.35. The standard InChI is InChI=1S/C23H28N4O3S/c1-14-8-9-19(31-14)23(30)26-12-10-17-16(13-26)21(28)25-20(24-17)18-7-4-11-27(18)22(29)15-5-2-3-6-15/h8-9,15,18H,2-7,10-13H2,1H3,(H,24,25,28)/t18-/m0/s1. The number of aromatic amines is 1. The van der Waals surface area contributed by atoms with Crippen molar-refractivity contribution in [1.29, 1.82) is 0 Å². The third-order valence-corrected chi connectivity index (χ3v) is 7.87. The minimum Gasteiger partial charge on any atom is -0.333 e. The number of aromatic nitrogens is 2. The number of fused-ring (bicyclic) bond motifs is 1. The van der Waals surface area contributed by atoms with Gasteiger partial charge in [0, 0.05) is 30.3 Å². The van der Waals surface area contributed by atoms with E-state index in [2.05, 4.69) is 4.98 Å². The van der Waals surface area contributed by atoms with Gasteiger partial charge in [0.15, 0.2) is 0 Å². The Morgan fingerprint density at radius 3 is 2.68 bits per heavy atom. The molecule has 1 atom stereocenters. The number of aryl methyl sites for hydroxylation is 1. The minimum atomic E-state index is -0.181. The third kappa shape index (κ3) is 3.82. The third-order valence-electron chi connectivity index (χ3n) is 6.88. The van der Waals surface area contributed by atoms with Gasteiger partial charge in [-0.2, -0.15) is 0 Å². The number of hydrogen-bond donors (Lipinski definition) is 1. The Morgan fingerprint density at radius 1 is 1.13 bits per heavy atom. The van der Waals surface area contributed by atoms with Gasteiger partial charge in [0.05, 0.1) is 28.7 Å². The molecule has 3 aliphatic rings. The lowest BCUT2D eigenvalue weighted by Gasteiger charge is -2.30. The van der Waals surface area contributed by atoms with Crippen LogP contribution in [0.5, 0.6) is 0 Å². The predicted octanol–water partition coefficient (Wildman–Crippen LogP) is 3.19. The number of nitrogens with zero attached hydrogens (tertiary/aromatic N) is 3. The van der Waals surface area contributed by atoms with Crippen LogP contribution in [-0.2, 0) is 17.8 Å². The van der Waals surface area contributed by atoms with Crippen LogP contribution in [0.3, 0.4) is 0 Å². The van der Waals surface area contributed by atoms with Crippen molar-refractivity contribution in [3.63, 3.8) is 0 Å². The van der Waals surface area contributed by atoms with Crippen LogP contribution < -0.4 is 5.56 Å². The minimum absolute atomic E-state index is 0.0312. The van der Waals surface area contributed by atoms with E-state index in [1.54, 1.807) is 4.90 Å². The zero-order valence-electron chi connectivity index (χ0n) is 17.9. The van der Waals surface area contributed by atoms with Gasteiger partial charge in [-0.1, -0.05) is 12.8 Å². The fourth-order valence-corrected chi connectivity index (χ4v) is 6.04. The normalized spacial score (nSPS) is 21.5. The molecule has 0 bridgehead atoms. The Labute approximate surface area is 185 Å². The summed E-state index contributed by atoms with van der Waals surface area (Å²) < 4.78 is 0. The molecule has 1 N–H and O–H groups in total. The highest BCUT2D eigenvalue weighted by molar-refractivity contribution is 7.13. The summed E-state index contributed by atoms with van der Waals surface area (Å²) in [6, 6.07) is 3.65. The molecule has 1 saturated heterocycles. The molecule has 2 aliphatic heterocycles. The lowest BCUT2D eigenvalue weighted by Crippen LogP contribution is -2.41. The lowest BCUT2D eigenvalue weighted by atomic mass is 10.0. The van der Waals surface area contributed by atoms with Gasteiger partial charge in [-0.25, -0.2) is 4.98 Å². The number of carbonyl (C=O) groups excluding carboxylic acids is 2. The summed E-state index contributed by atoms with van der Waals surface area (Å²) in [5.74, 6) is 0.936. The molecule has 1 saturated carbocycles. The second-order valence-electron chi connectivity index (χ2n) is 8.93. The van der Waals surface area contributed by atoms with Crippen LogP contribution in [-0.4, -0.2) is 44.7 Å². The number of thiophene rings is 1. The molecule has 0 radical (unpaired) electrons. The van der Waals surface area contributed by atoms with Crippen LogP contribution in [0.15, 0.2) is 16.9 Å². The molecule has 5 rings (SSSR count). The summed E-state index contributed by atoms with van der Waals surface area (Å²) >= 11 is 1.48. The van der Waals surface area contributed by atoms with E-state index in [0.29, 0.717) is 29.2 Å². The maximum Gasteiger partial charge on any atom is 0.264 e. The van der Waals surface area contributed by atoms with Gasteiger partial charge in [0.25, 0.3) is 11.5 Å². The summed E-state index contributed by atoms with van der Waals surface area (Å²) in [5, 5.41) is 0. The van der Waals surface area contributed by atoms with Gasteiger partial charge in [0.1, 0.15) is 5.82 Å². The van der Waals surface area contributed by atoms with Crippen molar-refractivity contribution in [2.24, 2.45) is 5.92 Å². The van der Waals surface area contributed by atoms with Crippen molar-refractivity contribution in [1.82, 2.24) is 19.8 Å². The fraction of sp³-hybridized carbons (Fsp3) is 0.565.